The zero-order valence-electron chi connectivity index (χ0n) is 19.0. The first-order chi connectivity index (χ1) is 14.5. The first-order valence-corrected chi connectivity index (χ1v) is 11.5. The van der Waals surface area contributed by atoms with Crippen molar-refractivity contribution < 1.29 is 26.3 Å². The van der Waals surface area contributed by atoms with Crippen molar-refractivity contribution in [3.63, 3.8) is 0 Å². The molecule has 31 heavy (non-hydrogen) atoms. The first-order valence-electron chi connectivity index (χ1n) is 11.5. The highest BCUT2D eigenvalue weighted by molar-refractivity contribution is 5.48. The number of hydrogen-bond acceptors (Lipinski definition) is 1. The van der Waals surface area contributed by atoms with Crippen molar-refractivity contribution in [1.82, 2.24) is 0 Å². The Morgan fingerprint density at radius 3 is 1.94 bits per heavy atom. The molecule has 0 fully saturated rings. The third-order valence-electron chi connectivity index (χ3n) is 5.89. The van der Waals surface area contributed by atoms with Crippen molar-refractivity contribution in [2.75, 3.05) is 11.4 Å². The van der Waals surface area contributed by atoms with Crippen molar-refractivity contribution in [2.45, 2.75) is 103 Å². The van der Waals surface area contributed by atoms with Gasteiger partial charge < -0.3 is 4.90 Å². The lowest BCUT2D eigenvalue weighted by atomic mass is 9.95. The number of rotatable bonds is 16. The molecule has 0 amide bonds. The van der Waals surface area contributed by atoms with Crippen LogP contribution in [0.5, 0.6) is 0 Å². The SMILES string of the molecule is CCCCCCC(F)(F)C(F)(F)C(F)(F)N(CCC(CC)CCCC)c1ccccc1. The second-order valence-corrected chi connectivity index (χ2v) is 8.32. The van der Waals surface area contributed by atoms with Crippen LogP contribution < -0.4 is 4.90 Å². The van der Waals surface area contributed by atoms with Crippen LogP contribution in [0, 0.1) is 5.92 Å². The van der Waals surface area contributed by atoms with E-state index >= 15 is 8.78 Å². The number of para-hydroxylation sites is 1. The van der Waals surface area contributed by atoms with Gasteiger partial charge in [-0.25, -0.2) is 0 Å². The summed E-state index contributed by atoms with van der Waals surface area (Å²) >= 11 is 0. The van der Waals surface area contributed by atoms with Gasteiger partial charge in [-0.1, -0.05) is 83.9 Å². The third-order valence-corrected chi connectivity index (χ3v) is 5.89. The Bertz CT molecular complexity index is 605. The molecule has 1 rings (SSSR count). The molecule has 0 radical (unpaired) electrons. The molecule has 0 aliphatic carbocycles. The van der Waals surface area contributed by atoms with Gasteiger partial charge in [0.1, 0.15) is 0 Å². The molecule has 0 heterocycles. The number of anilines is 1. The molecule has 1 aromatic rings. The van der Waals surface area contributed by atoms with E-state index in [9.17, 15) is 17.6 Å². The van der Waals surface area contributed by atoms with Crippen molar-refractivity contribution in [2.24, 2.45) is 5.92 Å². The largest absolute Gasteiger partial charge is 0.395 e. The molecule has 0 bridgehead atoms. The fourth-order valence-electron chi connectivity index (χ4n) is 3.72. The molecule has 0 aliphatic heterocycles. The highest BCUT2D eigenvalue weighted by Gasteiger charge is 2.73. The summed E-state index contributed by atoms with van der Waals surface area (Å²) < 4.78 is 88.4. The molecule has 1 aromatic carbocycles. The standard InChI is InChI=1S/C24H37F6N/c1-4-7-9-13-18-22(25,26)23(27,28)24(29,30)31(21-15-11-10-12-16-21)19-17-20(6-3)14-8-5-2/h10-12,15-16,20H,4-9,13-14,17-19H2,1-3H3. The maximum absolute atomic E-state index is 15.1. The smallest absolute Gasteiger partial charge is 0.308 e. The summed E-state index contributed by atoms with van der Waals surface area (Å²) in [4.78, 5) is 0.182. The Kier molecular flexibility index (Phi) is 11.2. The third kappa shape index (κ3) is 7.31. The normalized spacial score (nSPS) is 14.0. The summed E-state index contributed by atoms with van der Waals surface area (Å²) in [5.74, 6) is -10.2. The van der Waals surface area contributed by atoms with Gasteiger partial charge in [0, 0.05) is 18.7 Å². The minimum atomic E-state index is -5.49. The Labute approximate surface area is 183 Å². The molecule has 7 heteroatoms. The molecule has 0 spiro atoms. The summed E-state index contributed by atoms with van der Waals surface area (Å²) in [5.41, 5.74) is -0.181. The van der Waals surface area contributed by atoms with Crippen molar-refractivity contribution in [3.05, 3.63) is 30.3 Å². The lowest BCUT2D eigenvalue weighted by Gasteiger charge is -2.41. The molecule has 1 atom stereocenters. The highest BCUT2D eigenvalue weighted by atomic mass is 19.3. The molecule has 0 saturated heterocycles. The van der Waals surface area contributed by atoms with Crippen LogP contribution in [0.25, 0.3) is 0 Å². The van der Waals surface area contributed by atoms with E-state index in [0.29, 0.717) is 12.8 Å². The minimum Gasteiger partial charge on any atom is -0.308 e. The predicted molar refractivity (Wildman–Crippen MR) is 115 cm³/mol. The van der Waals surface area contributed by atoms with Crippen LogP contribution in [0.15, 0.2) is 30.3 Å². The van der Waals surface area contributed by atoms with Crippen molar-refractivity contribution in [1.29, 1.82) is 0 Å². The van der Waals surface area contributed by atoms with E-state index < -0.39 is 30.9 Å². The Hall–Kier alpha value is -1.40. The summed E-state index contributed by atoms with van der Waals surface area (Å²) in [5, 5.41) is 0. The van der Waals surface area contributed by atoms with E-state index in [4.69, 9.17) is 0 Å². The summed E-state index contributed by atoms with van der Waals surface area (Å²) in [7, 11) is 0. The van der Waals surface area contributed by atoms with Crippen LogP contribution in [-0.4, -0.2) is 24.4 Å². The first kappa shape index (κ1) is 27.6. The topological polar surface area (TPSA) is 3.24 Å². The number of benzene rings is 1. The van der Waals surface area contributed by atoms with Crippen LogP contribution >= 0.6 is 0 Å². The zero-order valence-corrected chi connectivity index (χ0v) is 19.0. The average Bonchev–Trinajstić information content (AvgIpc) is 2.74. The molecule has 1 nitrogen and oxygen atoms in total. The van der Waals surface area contributed by atoms with E-state index in [0.717, 1.165) is 32.1 Å². The lowest BCUT2D eigenvalue weighted by Crippen LogP contribution is -2.62. The summed E-state index contributed by atoms with van der Waals surface area (Å²) in [6.07, 6.45) is 3.78. The maximum Gasteiger partial charge on any atom is 0.395 e. The molecule has 180 valence electrons. The Morgan fingerprint density at radius 1 is 0.774 bits per heavy atom. The Morgan fingerprint density at radius 2 is 1.39 bits per heavy atom. The lowest BCUT2D eigenvalue weighted by molar-refractivity contribution is -0.310. The fourth-order valence-corrected chi connectivity index (χ4v) is 3.72. The molecule has 0 saturated carbocycles. The maximum atomic E-state index is 15.1. The van der Waals surface area contributed by atoms with E-state index in [-0.39, 0.29) is 29.3 Å². The van der Waals surface area contributed by atoms with E-state index in [1.807, 2.05) is 20.8 Å². The summed E-state index contributed by atoms with van der Waals surface area (Å²) in [6.45, 7) is 5.37. The second kappa shape index (κ2) is 12.6. The minimum absolute atomic E-state index is 0.0742. The molecule has 1 unspecified atom stereocenters. The van der Waals surface area contributed by atoms with Crippen molar-refractivity contribution >= 4 is 5.69 Å². The Balaban J connectivity index is 3.13. The van der Waals surface area contributed by atoms with Crippen LogP contribution in [0.1, 0.15) is 85.0 Å². The number of alkyl halides is 6. The van der Waals surface area contributed by atoms with Crippen molar-refractivity contribution in [3.8, 4) is 0 Å². The highest BCUT2D eigenvalue weighted by Crippen LogP contribution is 2.50. The molecule has 0 aromatic heterocycles. The van der Waals surface area contributed by atoms with E-state index in [1.165, 1.54) is 24.3 Å². The number of halogens is 6. The quantitative estimate of drug-likeness (QED) is 0.137. The van der Waals surface area contributed by atoms with Gasteiger partial charge in [-0.15, -0.1) is 0 Å². The number of hydrogen-bond donors (Lipinski definition) is 0. The second-order valence-electron chi connectivity index (χ2n) is 8.32. The van der Waals surface area contributed by atoms with Gasteiger partial charge in [0.2, 0.25) is 0 Å². The number of unbranched alkanes of at least 4 members (excludes halogenated alkanes) is 4. The van der Waals surface area contributed by atoms with Crippen LogP contribution in [0.3, 0.4) is 0 Å². The van der Waals surface area contributed by atoms with Gasteiger partial charge in [-0.2, -0.15) is 26.3 Å². The van der Waals surface area contributed by atoms with Gasteiger partial charge in [0.05, 0.1) is 0 Å². The molecular weight excluding hydrogens is 416 g/mol. The van der Waals surface area contributed by atoms with E-state index in [1.54, 1.807) is 6.07 Å². The van der Waals surface area contributed by atoms with Gasteiger partial charge in [-0.05, 0) is 30.9 Å². The van der Waals surface area contributed by atoms with Gasteiger partial charge in [0.15, 0.2) is 0 Å². The van der Waals surface area contributed by atoms with Crippen LogP contribution in [-0.2, 0) is 0 Å². The average molecular weight is 454 g/mol. The predicted octanol–water partition coefficient (Wildman–Crippen LogP) is 8.93. The van der Waals surface area contributed by atoms with Gasteiger partial charge in [-0.3, -0.25) is 0 Å². The molecule has 0 aliphatic rings. The number of nitrogens with zero attached hydrogens (tertiary/aromatic N) is 1. The fraction of sp³-hybridized carbons (Fsp3) is 0.750. The van der Waals surface area contributed by atoms with Crippen LogP contribution in [0.4, 0.5) is 32.0 Å². The summed E-state index contributed by atoms with van der Waals surface area (Å²) in [6, 6.07) is 1.94. The zero-order chi connectivity index (χ0) is 23.5. The van der Waals surface area contributed by atoms with E-state index in [2.05, 4.69) is 0 Å². The molecule has 0 N–H and O–H groups in total. The molecular formula is C24H37F6N. The van der Waals surface area contributed by atoms with Gasteiger partial charge in [0.25, 0.3) is 0 Å². The monoisotopic (exact) mass is 453 g/mol. The van der Waals surface area contributed by atoms with Gasteiger partial charge >= 0.3 is 17.9 Å². The van der Waals surface area contributed by atoms with Crippen LogP contribution in [0.2, 0.25) is 0 Å².